The van der Waals surface area contributed by atoms with E-state index in [4.69, 9.17) is 5.73 Å². The Bertz CT molecular complexity index is 687. The summed E-state index contributed by atoms with van der Waals surface area (Å²) in [7, 11) is 0. The van der Waals surface area contributed by atoms with Gasteiger partial charge in [-0.1, -0.05) is 12.7 Å². The van der Waals surface area contributed by atoms with Crippen LogP contribution in [-0.4, -0.2) is 9.38 Å². The topological polar surface area (TPSA) is 43.3 Å². The van der Waals surface area contributed by atoms with E-state index in [2.05, 4.69) is 23.8 Å². The van der Waals surface area contributed by atoms with Crippen LogP contribution >= 0.6 is 0 Å². The molecule has 0 spiro atoms. The smallest absolute Gasteiger partial charge is 0.136 e. The quantitative estimate of drug-likeness (QED) is 0.851. The lowest BCUT2D eigenvalue weighted by molar-refractivity contribution is 1.17. The summed E-state index contributed by atoms with van der Waals surface area (Å²) in [5, 5.41) is 0. The van der Waals surface area contributed by atoms with Crippen LogP contribution in [0.15, 0.2) is 54.5 Å². The summed E-state index contributed by atoms with van der Waals surface area (Å²) in [6.45, 7) is 9.75. The Kier molecular flexibility index (Phi) is 3.56. The summed E-state index contributed by atoms with van der Waals surface area (Å²) in [5.74, 6) is 0. The van der Waals surface area contributed by atoms with E-state index in [1.54, 1.807) is 0 Å². The summed E-state index contributed by atoms with van der Waals surface area (Å²) >= 11 is 0. The highest BCUT2D eigenvalue weighted by Crippen LogP contribution is 2.19. The molecular weight excluding hydrogens is 234 g/mol. The molecule has 0 amide bonds. The van der Waals surface area contributed by atoms with Gasteiger partial charge in [-0.15, -0.1) is 0 Å². The Labute approximate surface area is 113 Å². The molecule has 19 heavy (non-hydrogen) atoms. The van der Waals surface area contributed by atoms with Gasteiger partial charge in [0.15, 0.2) is 0 Å². The summed E-state index contributed by atoms with van der Waals surface area (Å²) in [4.78, 5) is 4.42. The summed E-state index contributed by atoms with van der Waals surface area (Å²) < 4.78 is 2.03. The zero-order chi connectivity index (χ0) is 14.0. The highest BCUT2D eigenvalue weighted by Gasteiger charge is 2.03. The predicted molar refractivity (Wildman–Crippen MR) is 80.7 cm³/mol. The Morgan fingerprint density at radius 3 is 2.74 bits per heavy atom. The molecule has 2 aromatic rings. The molecule has 3 heteroatoms. The Morgan fingerprint density at radius 1 is 1.37 bits per heavy atom. The number of fused-ring (bicyclic) bond motifs is 1. The van der Waals surface area contributed by atoms with Gasteiger partial charge in [-0.2, -0.15) is 0 Å². The number of nitrogens with zero attached hydrogens (tertiary/aromatic N) is 2. The highest BCUT2D eigenvalue weighted by molar-refractivity contribution is 5.75. The van der Waals surface area contributed by atoms with Crippen molar-refractivity contribution in [2.75, 3.05) is 0 Å². The number of pyridine rings is 1. The number of rotatable bonds is 3. The fourth-order valence-electron chi connectivity index (χ4n) is 1.91. The van der Waals surface area contributed by atoms with Crippen molar-refractivity contribution >= 4 is 11.2 Å². The molecule has 2 rings (SSSR count). The Hall–Kier alpha value is -2.29. The molecular formula is C16H19N3. The average Bonchev–Trinajstić information content (AvgIpc) is 2.74. The third kappa shape index (κ3) is 2.76. The lowest BCUT2D eigenvalue weighted by Gasteiger charge is -2.06. The minimum atomic E-state index is 0.704. The molecule has 0 atom stereocenters. The first kappa shape index (κ1) is 13.1. The van der Waals surface area contributed by atoms with E-state index < -0.39 is 0 Å². The highest BCUT2D eigenvalue weighted by atomic mass is 15.0. The molecule has 0 aliphatic carbocycles. The zero-order valence-electron chi connectivity index (χ0n) is 11.6. The second-order valence-corrected chi connectivity index (χ2v) is 4.69. The first-order chi connectivity index (χ1) is 9.01. The van der Waals surface area contributed by atoms with Crippen molar-refractivity contribution in [1.29, 1.82) is 0 Å². The van der Waals surface area contributed by atoms with Gasteiger partial charge >= 0.3 is 0 Å². The van der Waals surface area contributed by atoms with Crippen LogP contribution in [0.5, 0.6) is 0 Å². The van der Waals surface area contributed by atoms with Crippen molar-refractivity contribution in [1.82, 2.24) is 9.38 Å². The van der Waals surface area contributed by atoms with Crippen molar-refractivity contribution < 1.29 is 0 Å². The fraction of sp³-hybridized carbons (Fsp3) is 0.188. The van der Waals surface area contributed by atoms with Crippen molar-refractivity contribution in [3.63, 3.8) is 0 Å². The number of imidazole rings is 1. The Balaban J connectivity index is 2.47. The van der Waals surface area contributed by atoms with Gasteiger partial charge in [0.25, 0.3) is 0 Å². The van der Waals surface area contributed by atoms with E-state index in [0.717, 1.165) is 28.1 Å². The lowest BCUT2D eigenvalue weighted by Crippen LogP contribution is -1.98. The first-order valence-electron chi connectivity index (χ1n) is 6.26. The number of allylic oxidation sites excluding steroid dienone is 4. The molecule has 3 nitrogen and oxygen atoms in total. The molecule has 0 aliphatic rings. The van der Waals surface area contributed by atoms with Crippen LogP contribution in [0.3, 0.4) is 0 Å². The minimum Gasteiger partial charge on any atom is -0.399 e. The van der Waals surface area contributed by atoms with Crippen LogP contribution < -0.4 is 5.73 Å². The monoisotopic (exact) mass is 253 g/mol. The summed E-state index contributed by atoms with van der Waals surface area (Å²) in [5.41, 5.74) is 11.7. The van der Waals surface area contributed by atoms with Crippen molar-refractivity contribution in [2.24, 2.45) is 5.73 Å². The third-order valence-electron chi connectivity index (χ3n) is 3.02. The fourth-order valence-corrected chi connectivity index (χ4v) is 1.91. The standard InChI is InChI=1S/C16H19N3/c1-5-13(8-15(17)11(2)3)14-6-7-16-18-12(4)9-19(16)10-14/h5-10H,2,17H2,1,3-4H3/b13-5+,15-8+. The average molecular weight is 253 g/mol. The lowest BCUT2D eigenvalue weighted by atomic mass is 10.1. The molecule has 0 aliphatic heterocycles. The molecule has 0 unspecified atom stereocenters. The maximum Gasteiger partial charge on any atom is 0.136 e. The first-order valence-corrected chi connectivity index (χ1v) is 6.26. The Morgan fingerprint density at radius 2 is 2.11 bits per heavy atom. The third-order valence-corrected chi connectivity index (χ3v) is 3.02. The van der Waals surface area contributed by atoms with Gasteiger partial charge in [0, 0.05) is 18.1 Å². The molecule has 0 bridgehead atoms. The van der Waals surface area contributed by atoms with E-state index in [1.807, 2.05) is 49.6 Å². The molecule has 0 saturated carbocycles. The number of aromatic nitrogens is 2. The normalized spacial score (nSPS) is 13.0. The molecule has 2 heterocycles. The van der Waals surface area contributed by atoms with E-state index in [9.17, 15) is 0 Å². The van der Waals surface area contributed by atoms with Crippen LogP contribution in [0.2, 0.25) is 0 Å². The van der Waals surface area contributed by atoms with E-state index >= 15 is 0 Å². The van der Waals surface area contributed by atoms with Crippen LogP contribution in [0, 0.1) is 6.92 Å². The molecule has 0 aromatic carbocycles. The van der Waals surface area contributed by atoms with E-state index in [1.165, 1.54) is 0 Å². The van der Waals surface area contributed by atoms with Gasteiger partial charge in [-0.3, -0.25) is 0 Å². The van der Waals surface area contributed by atoms with Gasteiger partial charge in [-0.05, 0) is 55.7 Å². The molecule has 98 valence electrons. The largest absolute Gasteiger partial charge is 0.399 e. The second-order valence-electron chi connectivity index (χ2n) is 4.69. The van der Waals surface area contributed by atoms with Gasteiger partial charge in [0.2, 0.25) is 0 Å². The summed E-state index contributed by atoms with van der Waals surface area (Å²) in [6, 6.07) is 4.07. The SMILES string of the molecule is C=C(C)/C(N)=C\C(=C/C)c1ccc2nc(C)cn2c1. The van der Waals surface area contributed by atoms with E-state index in [-0.39, 0.29) is 0 Å². The van der Waals surface area contributed by atoms with Gasteiger partial charge in [0.1, 0.15) is 5.65 Å². The van der Waals surface area contributed by atoms with Crippen LogP contribution in [-0.2, 0) is 0 Å². The number of aryl methyl sites for hydroxylation is 1. The van der Waals surface area contributed by atoms with Crippen LogP contribution in [0.1, 0.15) is 25.1 Å². The maximum atomic E-state index is 5.95. The van der Waals surface area contributed by atoms with Crippen molar-refractivity contribution in [2.45, 2.75) is 20.8 Å². The van der Waals surface area contributed by atoms with Crippen LogP contribution in [0.4, 0.5) is 0 Å². The predicted octanol–water partition coefficient (Wildman–Crippen LogP) is 3.46. The second kappa shape index (κ2) is 5.14. The van der Waals surface area contributed by atoms with Crippen molar-refractivity contribution in [3.8, 4) is 0 Å². The van der Waals surface area contributed by atoms with Crippen LogP contribution in [0.25, 0.3) is 11.2 Å². The van der Waals surface area contributed by atoms with Gasteiger partial charge in [0.05, 0.1) is 5.69 Å². The maximum absolute atomic E-state index is 5.95. The molecule has 0 radical (unpaired) electrons. The number of hydrogen-bond donors (Lipinski definition) is 1. The van der Waals surface area contributed by atoms with Gasteiger partial charge < -0.3 is 10.1 Å². The minimum absolute atomic E-state index is 0.704. The molecule has 2 N–H and O–H groups in total. The molecule has 0 fully saturated rings. The number of hydrogen-bond acceptors (Lipinski definition) is 2. The number of nitrogens with two attached hydrogens (primary N) is 1. The molecule has 0 saturated heterocycles. The van der Waals surface area contributed by atoms with Gasteiger partial charge in [-0.25, -0.2) is 4.98 Å². The van der Waals surface area contributed by atoms with E-state index in [0.29, 0.717) is 5.70 Å². The zero-order valence-corrected chi connectivity index (χ0v) is 11.6. The molecule has 2 aromatic heterocycles. The summed E-state index contributed by atoms with van der Waals surface area (Å²) in [6.07, 6.45) is 8.07. The van der Waals surface area contributed by atoms with Crippen molar-refractivity contribution in [3.05, 3.63) is 65.8 Å².